The molecule has 4 heteroatoms. The fraction of sp³-hybridized carbons (Fsp3) is 0.467. The average Bonchev–Trinajstić information content (AvgIpc) is 3.05. The lowest BCUT2D eigenvalue weighted by Crippen LogP contribution is -2.25. The van der Waals surface area contributed by atoms with E-state index in [-0.39, 0.29) is 0 Å². The largest absolute Gasteiger partial charge is 0.316 e. The Morgan fingerprint density at radius 2 is 1.95 bits per heavy atom. The number of halogens is 1. The highest BCUT2D eigenvalue weighted by Crippen LogP contribution is 2.37. The molecule has 2 aliphatic heterocycles. The summed E-state index contributed by atoms with van der Waals surface area (Å²) in [7, 11) is 0. The van der Waals surface area contributed by atoms with Crippen molar-refractivity contribution in [3.63, 3.8) is 0 Å². The number of fused-ring (bicyclic) bond motifs is 2. The summed E-state index contributed by atoms with van der Waals surface area (Å²) in [6.07, 6.45) is 0. The van der Waals surface area contributed by atoms with E-state index in [1.54, 1.807) is 0 Å². The minimum Gasteiger partial charge on any atom is -0.316 e. The van der Waals surface area contributed by atoms with Crippen molar-refractivity contribution < 1.29 is 0 Å². The van der Waals surface area contributed by atoms with Crippen molar-refractivity contribution >= 4 is 33.0 Å². The van der Waals surface area contributed by atoms with E-state index in [4.69, 9.17) is 11.6 Å². The Balaban J connectivity index is 1.57. The molecule has 0 bridgehead atoms. The highest BCUT2D eigenvalue weighted by Gasteiger charge is 2.36. The minimum absolute atomic E-state index is 0.855. The van der Waals surface area contributed by atoms with Crippen LogP contribution >= 0.6 is 22.9 Å². The highest BCUT2D eigenvalue weighted by molar-refractivity contribution is 7.19. The molecule has 0 radical (unpaired) electrons. The van der Waals surface area contributed by atoms with Gasteiger partial charge in [0.25, 0.3) is 0 Å². The predicted octanol–water partition coefficient (Wildman–Crippen LogP) is 3.21. The molecule has 19 heavy (non-hydrogen) atoms. The van der Waals surface area contributed by atoms with Crippen LogP contribution in [-0.4, -0.2) is 31.1 Å². The Bertz CT molecular complexity index is 597. The van der Waals surface area contributed by atoms with Crippen LogP contribution in [0.25, 0.3) is 10.1 Å². The van der Waals surface area contributed by atoms with Crippen molar-refractivity contribution in [2.75, 3.05) is 26.2 Å². The Hall–Kier alpha value is -0.610. The molecule has 3 heterocycles. The van der Waals surface area contributed by atoms with E-state index in [1.807, 2.05) is 11.3 Å². The van der Waals surface area contributed by atoms with Gasteiger partial charge in [-0.3, -0.25) is 4.90 Å². The van der Waals surface area contributed by atoms with Crippen LogP contribution in [0.4, 0.5) is 0 Å². The zero-order valence-electron chi connectivity index (χ0n) is 10.7. The van der Waals surface area contributed by atoms with Gasteiger partial charge in [-0.2, -0.15) is 0 Å². The molecule has 0 aliphatic carbocycles. The van der Waals surface area contributed by atoms with Crippen LogP contribution in [0.2, 0.25) is 5.02 Å². The number of rotatable bonds is 2. The zero-order valence-corrected chi connectivity index (χ0v) is 12.3. The number of hydrogen-bond donors (Lipinski definition) is 1. The molecule has 4 rings (SSSR count). The molecule has 2 nitrogen and oxygen atoms in total. The zero-order chi connectivity index (χ0) is 12.8. The first-order chi connectivity index (χ1) is 9.31. The Kier molecular flexibility index (Phi) is 3.03. The first-order valence-corrected chi connectivity index (χ1v) is 8.09. The first kappa shape index (κ1) is 12.2. The van der Waals surface area contributed by atoms with Gasteiger partial charge < -0.3 is 5.32 Å². The summed E-state index contributed by atoms with van der Waals surface area (Å²) < 4.78 is 1.31. The summed E-state index contributed by atoms with van der Waals surface area (Å²) in [4.78, 5) is 3.91. The van der Waals surface area contributed by atoms with Crippen LogP contribution in [0.5, 0.6) is 0 Å². The van der Waals surface area contributed by atoms with Gasteiger partial charge in [-0.1, -0.05) is 29.8 Å². The molecule has 1 aromatic heterocycles. The van der Waals surface area contributed by atoms with Crippen molar-refractivity contribution in [2.24, 2.45) is 11.8 Å². The van der Waals surface area contributed by atoms with E-state index in [0.717, 1.165) is 23.4 Å². The number of likely N-dealkylation sites (tertiary alicyclic amines) is 1. The molecule has 2 unspecified atom stereocenters. The van der Waals surface area contributed by atoms with Gasteiger partial charge in [0.05, 0.1) is 5.02 Å². The van der Waals surface area contributed by atoms with Gasteiger partial charge in [-0.15, -0.1) is 11.3 Å². The Morgan fingerprint density at radius 3 is 2.68 bits per heavy atom. The molecular weight excluding hydrogens is 276 g/mol. The third-order valence-corrected chi connectivity index (χ3v) is 6.13. The van der Waals surface area contributed by atoms with Crippen LogP contribution in [0.15, 0.2) is 24.3 Å². The van der Waals surface area contributed by atoms with Crippen molar-refractivity contribution in [3.05, 3.63) is 34.2 Å². The summed E-state index contributed by atoms with van der Waals surface area (Å²) in [5.74, 6) is 1.71. The van der Waals surface area contributed by atoms with E-state index in [2.05, 4.69) is 34.5 Å². The molecule has 0 amide bonds. The van der Waals surface area contributed by atoms with Gasteiger partial charge in [0, 0.05) is 34.6 Å². The van der Waals surface area contributed by atoms with Crippen molar-refractivity contribution in [1.82, 2.24) is 10.2 Å². The summed E-state index contributed by atoms with van der Waals surface area (Å²) in [6, 6.07) is 8.44. The monoisotopic (exact) mass is 292 g/mol. The van der Waals surface area contributed by atoms with E-state index in [0.29, 0.717) is 0 Å². The molecule has 0 saturated carbocycles. The lowest BCUT2D eigenvalue weighted by atomic mass is 10.0. The van der Waals surface area contributed by atoms with Crippen LogP contribution in [-0.2, 0) is 6.54 Å². The smallest absolute Gasteiger partial charge is 0.0637 e. The van der Waals surface area contributed by atoms with Crippen LogP contribution < -0.4 is 5.32 Å². The number of thiophene rings is 1. The SMILES string of the molecule is Clc1c(CN2CC3CNCC3C2)sc2ccccc12. The molecule has 2 atom stereocenters. The van der Waals surface area contributed by atoms with Gasteiger partial charge in [0.15, 0.2) is 0 Å². The second-order valence-electron chi connectivity index (χ2n) is 5.71. The van der Waals surface area contributed by atoms with Gasteiger partial charge in [-0.05, 0) is 31.0 Å². The van der Waals surface area contributed by atoms with Gasteiger partial charge >= 0.3 is 0 Å². The van der Waals surface area contributed by atoms with Gasteiger partial charge in [0.1, 0.15) is 0 Å². The molecule has 2 aliphatic rings. The summed E-state index contributed by atoms with van der Waals surface area (Å²) in [5, 5.41) is 5.67. The number of nitrogens with zero attached hydrogens (tertiary/aromatic N) is 1. The van der Waals surface area contributed by atoms with Crippen molar-refractivity contribution in [1.29, 1.82) is 0 Å². The van der Waals surface area contributed by atoms with Crippen molar-refractivity contribution in [3.8, 4) is 0 Å². The molecule has 100 valence electrons. The fourth-order valence-electron chi connectivity index (χ4n) is 3.45. The summed E-state index contributed by atoms with van der Waals surface area (Å²) >= 11 is 8.38. The Morgan fingerprint density at radius 1 is 1.21 bits per heavy atom. The lowest BCUT2D eigenvalue weighted by Gasteiger charge is -2.15. The van der Waals surface area contributed by atoms with E-state index in [9.17, 15) is 0 Å². The van der Waals surface area contributed by atoms with Crippen LogP contribution in [0.1, 0.15) is 4.88 Å². The van der Waals surface area contributed by atoms with Crippen LogP contribution in [0.3, 0.4) is 0 Å². The molecule has 1 N–H and O–H groups in total. The third-order valence-electron chi connectivity index (χ3n) is 4.43. The topological polar surface area (TPSA) is 15.3 Å². The van der Waals surface area contributed by atoms with E-state index < -0.39 is 0 Å². The lowest BCUT2D eigenvalue weighted by molar-refractivity contribution is 0.308. The van der Waals surface area contributed by atoms with Gasteiger partial charge in [0.2, 0.25) is 0 Å². The van der Waals surface area contributed by atoms with E-state index >= 15 is 0 Å². The summed E-state index contributed by atoms with van der Waals surface area (Å²) in [5.41, 5.74) is 0. The third kappa shape index (κ3) is 2.09. The molecule has 2 fully saturated rings. The molecular formula is C15H17ClN2S. The second kappa shape index (κ2) is 4.74. The highest BCUT2D eigenvalue weighted by atomic mass is 35.5. The maximum absolute atomic E-state index is 6.53. The average molecular weight is 293 g/mol. The summed E-state index contributed by atoms with van der Waals surface area (Å²) in [6.45, 7) is 5.86. The normalized spacial score (nSPS) is 27.2. The van der Waals surface area contributed by atoms with Crippen LogP contribution in [0, 0.1) is 11.8 Å². The fourth-order valence-corrected chi connectivity index (χ4v) is 4.99. The Labute approximate surface area is 122 Å². The van der Waals surface area contributed by atoms with E-state index in [1.165, 1.54) is 41.1 Å². The maximum Gasteiger partial charge on any atom is 0.0637 e. The molecule has 1 aromatic carbocycles. The first-order valence-electron chi connectivity index (χ1n) is 6.90. The minimum atomic E-state index is 0.855. The predicted molar refractivity (Wildman–Crippen MR) is 82.0 cm³/mol. The quantitative estimate of drug-likeness (QED) is 0.914. The number of hydrogen-bond acceptors (Lipinski definition) is 3. The standard InChI is InChI=1S/C15H17ClN2S/c16-15-12-3-1-2-4-13(12)19-14(15)9-18-7-10-5-17-6-11(10)8-18/h1-4,10-11,17H,5-9H2. The molecule has 0 spiro atoms. The van der Waals surface area contributed by atoms with Crippen molar-refractivity contribution in [2.45, 2.75) is 6.54 Å². The molecule has 2 aromatic rings. The molecule has 2 saturated heterocycles. The number of nitrogens with one attached hydrogen (secondary N) is 1. The maximum atomic E-state index is 6.53. The number of benzene rings is 1. The van der Waals surface area contributed by atoms with Gasteiger partial charge in [-0.25, -0.2) is 0 Å². The second-order valence-corrected chi connectivity index (χ2v) is 7.22.